The second kappa shape index (κ2) is 4.45. The second-order valence-electron chi connectivity index (χ2n) is 2.80. The number of hydrogen-bond donors (Lipinski definition) is 2. The first-order chi connectivity index (χ1) is 6.09. The summed E-state index contributed by atoms with van der Waals surface area (Å²) in [5, 5.41) is 2.54. The first kappa shape index (κ1) is 10.3. The lowest BCUT2D eigenvalue weighted by Crippen LogP contribution is -2.28. The molecular weight excluding hydrogens is 279 g/mol. The average Bonchev–Trinajstić information content (AvgIpc) is 2.07. The van der Waals surface area contributed by atoms with Gasteiger partial charge in [-0.3, -0.25) is 0 Å². The molecule has 0 saturated carbocycles. The summed E-state index contributed by atoms with van der Waals surface area (Å²) in [6, 6.07) is 5.55. The summed E-state index contributed by atoms with van der Waals surface area (Å²) in [6.45, 7) is 2.53. The van der Waals surface area contributed by atoms with Gasteiger partial charge in [0.1, 0.15) is 0 Å². The third kappa shape index (κ3) is 3.22. The maximum absolute atomic E-state index is 10.4. The Balaban J connectivity index is 2.68. The molecule has 0 heterocycles. The summed E-state index contributed by atoms with van der Waals surface area (Å²) in [7, 11) is 0. The van der Waals surface area contributed by atoms with Crippen molar-refractivity contribution in [1.29, 1.82) is 0 Å². The molecule has 0 atom stereocenters. The number of carbonyl (C=O) groups is 1. The lowest BCUT2D eigenvalue weighted by atomic mass is 10.1. The van der Waals surface area contributed by atoms with E-state index in [0.29, 0.717) is 6.54 Å². The standard InChI is InChI=1S/C9H11IN2O/c1-6-4-7(2-3-8(6)10)5-12-9(11)13/h2-4H,5H2,1H3,(H3,11,12,13). The van der Waals surface area contributed by atoms with Crippen LogP contribution < -0.4 is 11.1 Å². The normalized spacial score (nSPS) is 9.69. The summed E-state index contributed by atoms with van der Waals surface area (Å²) in [6.07, 6.45) is 0. The number of urea groups is 1. The third-order valence-corrected chi connectivity index (χ3v) is 2.90. The van der Waals surface area contributed by atoms with E-state index in [1.54, 1.807) is 0 Å². The largest absolute Gasteiger partial charge is 0.352 e. The average molecular weight is 290 g/mol. The Bertz CT molecular complexity index is 325. The van der Waals surface area contributed by atoms with Crippen LogP contribution in [-0.2, 0) is 6.54 Å². The third-order valence-electron chi connectivity index (χ3n) is 1.69. The molecule has 0 aliphatic carbocycles. The van der Waals surface area contributed by atoms with Crippen molar-refractivity contribution in [2.24, 2.45) is 5.73 Å². The molecule has 3 N–H and O–H groups in total. The van der Waals surface area contributed by atoms with E-state index < -0.39 is 6.03 Å². The first-order valence-corrected chi connectivity index (χ1v) is 4.96. The van der Waals surface area contributed by atoms with Gasteiger partial charge in [-0.1, -0.05) is 12.1 Å². The minimum absolute atomic E-state index is 0.490. The van der Waals surface area contributed by atoms with Gasteiger partial charge < -0.3 is 11.1 Å². The Morgan fingerprint density at radius 3 is 2.85 bits per heavy atom. The fourth-order valence-electron chi connectivity index (χ4n) is 1.01. The van der Waals surface area contributed by atoms with Crippen LogP contribution in [0.4, 0.5) is 4.79 Å². The maximum Gasteiger partial charge on any atom is 0.312 e. The van der Waals surface area contributed by atoms with Gasteiger partial charge >= 0.3 is 6.03 Å². The lowest BCUT2D eigenvalue weighted by Gasteiger charge is -2.04. The molecule has 0 aliphatic heterocycles. The van der Waals surface area contributed by atoms with E-state index in [-0.39, 0.29) is 0 Å². The van der Waals surface area contributed by atoms with E-state index in [2.05, 4.69) is 27.9 Å². The van der Waals surface area contributed by atoms with Gasteiger partial charge in [0.25, 0.3) is 0 Å². The van der Waals surface area contributed by atoms with Crippen molar-refractivity contribution in [2.75, 3.05) is 0 Å². The number of amides is 2. The molecule has 2 amide bonds. The molecule has 0 radical (unpaired) electrons. The number of carbonyl (C=O) groups excluding carboxylic acids is 1. The highest BCUT2D eigenvalue weighted by Gasteiger charge is 1.97. The summed E-state index contributed by atoms with van der Waals surface area (Å²) in [5.74, 6) is 0. The van der Waals surface area contributed by atoms with Gasteiger partial charge in [0.2, 0.25) is 0 Å². The smallest absolute Gasteiger partial charge is 0.312 e. The van der Waals surface area contributed by atoms with Crippen LogP contribution in [0.5, 0.6) is 0 Å². The number of nitrogens with two attached hydrogens (primary N) is 1. The number of nitrogens with one attached hydrogen (secondary N) is 1. The number of benzene rings is 1. The lowest BCUT2D eigenvalue weighted by molar-refractivity contribution is 0.248. The van der Waals surface area contributed by atoms with E-state index in [4.69, 9.17) is 5.73 Å². The number of primary amides is 1. The van der Waals surface area contributed by atoms with Crippen LogP contribution in [0.15, 0.2) is 18.2 Å². The van der Waals surface area contributed by atoms with E-state index in [1.807, 2.05) is 25.1 Å². The van der Waals surface area contributed by atoms with Gasteiger partial charge in [0.15, 0.2) is 0 Å². The topological polar surface area (TPSA) is 55.1 Å². The fourth-order valence-corrected chi connectivity index (χ4v) is 1.34. The summed E-state index contributed by atoms with van der Waals surface area (Å²) in [5.41, 5.74) is 7.24. The highest BCUT2D eigenvalue weighted by molar-refractivity contribution is 14.1. The molecule has 1 aromatic carbocycles. The molecule has 0 bridgehead atoms. The molecule has 0 fully saturated rings. The number of halogens is 1. The molecule has 0 spiro atoms. The van der Waals surface area contributed by atoms with Crippen molar-refractivity contribution in [3.05, 3.63) is 32.9 Å². The van der Waals surface area contributed by atoms with Gasteiger partial charge in [-0.05, 0) is 46.7 Å². The van der Waals surface area contributed by atoms with Gasteiger partial charge in [0, 0.05) is 10.1 Å². The number of hydrogen-bond acceptors (Lipinski definition) is 1. The van der Waals surface area contributed by atoms with Crippen molar-refractivity contribution in [1.82, 2.24) is 5.32 Å². The van der Waals surface area contributed by atoms with Crippen molar-refractivity contribution in [2.45, 2.75) is 13.5 Å². The molecule has 1 aromatic rings. The molecule has 0 unspecified atom stereocenters. The van der Waals surface area contributed by atoms with Crippen molar-refractivity contribution in [3.63, 3.8) is 0 Å². The Kier molecular flexibility index (Phi) is 3.53. The second-order valence-corrected chi connectivity index (χ2v) is 3.96. The van der Waals surface area contributed by atoms with Crippen LogP contribution in [-0.4, -0.2) is 6.03 Å². The molecule has 0 aliphatic rings. The highest BCUT2D eigenvalue weighted by atomic mass is 127. The first-order valence-electron chi connectivity index (χ1n) is 3.88. The highest BCUT2D eigenvalue weighted by Crippen LogP contribution is 2.12. The molecule has 1 rings (SSSR count). The maximum atomic E-state index is 10.4. The van der Waals surface area contributed by atoms with E-state index in [1.165, 1.54) is 9.13 Å². The van der Waals surface area contributed by atoms with Crippen LogP contribution in [0.2, 0.25) is 0 Å². The van der Waals surface area contributed by atoms with Gasteiger partial charge in [-0.25, -0.2) is 4.79 Å². The zero-order valence-electron chi connectivity index (χ0n) is 7.30. The minimum Gasteiger partial charge on any atom is -0.352 e. The van der Waals surface area contributed by atoms with Crippen LogP contribution in [0.1, 0.15) is 11.1 Å². The molecule has 4 heteroatoms. The van der Waals surface area contributed by atoms with Crippen LogP contribution in [0, 0.1) is 10.5 Å². The van der Waals surface area contributed by atoms with Crippen LogP contribution >= 0.6 is 22.6 Å². The minimum atomic E-state index is -0.490. The molecular formula is C9H11IN2O. The van der Waals surface area contributed by atoms with Crippen molar-refractivity contribution in [3.8, 4) is 0 Å². The Morgan fingerprint density at radius 2 is 2.31 bits per heavy atom. The zero-order valence-corrected chi connectivity index (χ0v) is 9.46. The Hall–Kier alpha value is -0.780. The van der Waals surface area contributed by atoms with Crippen LogP contribution in [0.25, 0.3) is 0 Å². The molecule has 0 aromatic heterocycles. The SMILES string of the molecule is Cc1cc(CNC(N)=O)ccc1I. The summed E-state index contributed by atoms with van der Waals surface area (Å²) < 4.78 is 1.22. The summed E-state index contributed by atoms with van der Waals surface area (Å²) >= 11 is 2.27. The predicted molar refractivity (Wildman–Crippen MR) is 60.3 cm³/mol. The van der Waals surface area contributed by atoms with E-state index in [0.717, 1.165) is 5.56 Å². The van der Waals surface area contributed by atoms with E-state index in [9.17, 15) is 4.79 Å². The van der Waals surface area contributed by atoms with Gasteiger partial charge in [-0.15, -0.1) is 0 Å². The van der Waals surface area contributed by atoms with Crippen molar-refractivity contribution >= 4 is 28.6 Å². The van der Waals surface area contributed by atoms with Gasteiger partial charge in [0.05, 0.1) is 0 Å². The quantitative estimate of drug-likeness (QED) is 0.801. The monoisotopic (exact) mass is 290 g/mol. The van der Waals surface area contributed by atoms with Gasteiger partial charge in [-0.2, -0.15) is 0 Å². The Labute approximate surface area is 90.8 Å². The molecule has 3 nitrogen and oxygen atoms in total. The number of rotatable bonds is 2. The Morgan fingerprint density at radius 1 is 1.62 bits per heavy atom. The molecule has 13 heavy (non-hydrogen) atoms. The molecule has 70 valence electrons. The zero-order chi connectivity index (χ0) is 9.84. The predicted octanol–water partition coefficient (Wildman–Crippen LogP) is 1.77. The van der Waals surface area contributed by atoms with Crippen molar-refractivity contribution < 1.29 is 4.79 Å². The fraction of sp³-hybridized carbons (Fsp3) is 0.222. The van der Waals surface area contributed by atoms with Crippen LogP contribution in [0.3, 0.4) is 0 Å². The summed E-state index contributed by atoms with van der Waals surface area (Å²) in [4.78, 5) is 10.4. The number of aryl methyl sites for hydroxylation is 1. The molecule has 0 saturated heterocycles. The van der Waals surface area contributed by atoms with E-state index >= 15 is 0 Å².